The fraction of sp³-hybridized carbons (Fsp3) is 0.222. The van der Waals surface area contributed by atoms with E-state index in [0.717, 1.165) is 16.7 Å². The number of nitrogens with zero attached hydrogens (tertiary/aromatic N) is 4. The molecule has 0 aliphatic carbocycles. The molecule has 4 rings (SSSR count). The molecule has 26 heavy (non-hydrogen) atoms. The van der Waals surface area contributed by atoms with Crippen molar-refractivity contribution >= 4 is 33.7 Å². The van der Waals surface area contributed by atoms with Gasteiger partial charge in [0.05, 0.1) is 23.1 Å². The minimum atomic E-state index is -0.739. The molecule has 0 spiro atoms. The van der Waals surface area contributed by atoms with E-state index in [2.05, 4.69) is 15.4 Å². The van der Waals surface area contributed by atoms with Gasteiger partial charge in [0, 0.05) is 12.4 Å². The Morgan fingerprint density at radius 2 is 2.08 bits per heavy atom. The van der Waals surface area contributed by atoms with Gasteiger partial charge in [0.2, 0.25) is 5.91 Å². The van der Waals surface area contributed by atoms with Gasteiger partial charge in [-0.15, -0.1) is 0 Å². The lowest BCUT2D eigenvalue weighted by molar-refractivity contribution is -0.118. The Labute approximate surface area is 148 Å². The molecule has 1 amide bonds. The lowest BCUT2D eigenvalue weighted by Gasteiger charge is -2.13. The number of benzene rings is 1. The van der Waals surface area contributed by atoms with Crippen LogP contribution < -0.4 is 11.1 Å². The summed E-state index contributed by atoms with van der Waals surface area (Å²) in [5.74, 6) is -0.896. The van der Waals surface area contributed by atoms with Crippen LogP contribution in [0.4, 0.5) is 5.69 Å². The predicted molar refractivity (Wildman–Crippen MR) is 97.1 cm³/mol. The monoisotopic (exact) mass is 351 g/mol. The lowest BCUT2D eigenvalue weighted by atomic mass is 10.2. The molecule has 0 saturated carbocycles. The minimum Gasteiger partial charge on any atom is -0.408 e. The van der Waals surface area contributed by atoms with Crippen LogP contribution in [-0.4, -0.2) is 25.2 Å². The van der Waals surface area contributed by atoms with Gasteiger partial charge in [-0.2, -0.15) is 5.10 Å². The molecule has 3 aromatic heterocycles. The number of oxazole rings is 1. The summed E-state index contributed by atoms with van der Waals surface area (Å²) >= 11 is 0. The Kier molecular flexibility index (Phi) is 3.61. The zero-order valence-electron chi connectivity index (χ0n) is 14.6. The molecule has 0 saturated heterocycles. The largest absolute Gasteiger partial charge is 0.420 e. The standard InChI is InChI=1S/C18H17N5O3/c1-10-13-8-12(9-19-16(13)22(3)21-10)20-17(24)11(2)23-14-6-4-5-7-15(14)26-18(23)25/h4-9,11H,1-3H3,(H,20,24). The summed E-state index contributed by atoms with van der Waals surface area (Å²) < 4.78 is 8.23. The first-order valence-corrected chi connectivity index (χ1v) is 8.16. The predicted octanol–water partition coefficient (Wildman–Crippen LogP) is 2.38. The second-order valence-corrected chi connectivity index (χ2v) is 6.18. The summed E-state index contributed by atoms with van der Waals surface area (Å²) in [6.07, 6.45) is 1.57. The molecule has 0 bridgehead atoms. The van der Waals surface area contributed by atoms with Crippen LogP contribution in [-0.2, 0) is 11.8 Å². The molecule has 1 N–H and O–H groups in total. The maximum Gasteiger partial charge on any atom is 0.420 e. The molecule has 0 radical (unpaired) electrons. The van der Waals surface area contributed by atoms with Gasteiger partial charge in [-0.05, 0) is 32.0 Å². The summed E-state index contributed by atoms with van der Waals surface area (Å²) in [6, 6.07) is 8.10. The number of carbonyl (C=O) groups is 1. The number of nitrogens with one attached hydrogen (secondary N) is 1. The van der Waals surface area contributed by atoms with Gasteiger partial charge in [-0.1, -0.05) is 12.1 Å². The molecule has 132 valence electrons. The van der Waals surface area contributed by atoms with Crippen molar-refractivity contribution in [3.8, 4) is 0 Å². The van der Waals surface area contributed by atoms with E-state index in [-0.39, 0.29) is 5.91 Å². The number of aryl methyl sites for hydroxylation is 2. The van der Waals surface area contributed by atoms with Crippen LogP contribution in [0, 0.1) is 6.92 Å². The van der Waals surface area contributed by atoms with Crippen LogP contribution in [0.25, 0.3) is 22.1 Å². The summed E-state index contributed by atoms with van der Waals surface area (Å²) in [5.41, 5.74) is 3.15. The van der Waals surface area contributed by atoms with Crippen molar-refractivity contribution in [2.75, 3.05) is 5.32 Å². The van der Waals surface area contributed by atoms with Crippen LogP contribution in [0.5, 0.6) is 0 Å². The maximum atomic E-state index is 12.7. The number of fused-ring (bicyclic) bond motifs is 2. The molecule has 3 heterocycles. The number of pyridine rings is 1. The van der Waals surface area contributed by atoms with E-state index >= 15 is 0 Å². The van der Waals surface area contributed by atoms with Gasteiger partial charge >= 0.3 is 5.76 Å². The number of para-hydroxylation sites is 2. The van der Waals surface area contributed by atoms with Crippen molar-refractivity contribution in [1.29, 1.82) is 0 Å². The second kappa shape index (κ2) is 5.83. The first-order valence-electron chi connectivity index (χ1n) is 8.16. The highest BCUT2D eigenvalue weighted by atomic mass is 16.4. The fourth-order valence-electron chi connectivity index (χ4n) is 3.09. The molecule has 1 aromatic carbocycles. The van der Waals surface area contributed by atoms with Gasteiger partial charge in [-0.3, -0.25) is 14.0 Å². The minimum absolute atomic E-state index is 0.332. The van der Waals surface area contributed by atoms with Gasteiger partial charge in [0.1, 0.15) is 6.04 Å². The quantitative estimate of drug-likeness (QED) is 0.611. The van der Waals surface area contributed by atoms with E-state index in [1.165, 1.54) is 4.57 Å². The highest BCUT2D eigenvalue weighted by molar-refractivity contribution is 5.96. The SMILES string of the molecule is Cc1nn(C)c2ncc(NC(=O)C(C)n3c(=O)oc4ccccc43)cc12. The molecular weight excluding hydrogens is 334 g/mol. The van der Waals surface area contributed by atoms with Crippen LogP contribution in [0.15, 0.2) is 45.7 Å². The molecule has 0 aliphatic rings. The van der Waals surface area contributed by atoms with E-state index < -0.39 is 11.8 Å². The molecule has 8 nitrogen and oxygen atoms in total. The highest BCUT2D eigenvalue weighted by Gasteiger charge is 2.21. The van der Waals surface area contributed by atoms with Gasteiger partial charge in [0.15, 0.2) is 11.2 Å². The zero-order chi connectivity index (χ0) is 18.4. The summed E-state index contributed by atoms with van der Waals surface area (Å²) in [4.78, 5) is 29.2. The first kappa shape index (κ1) is 16.1. The normalized spacial score (nSPS) is 12.6. The molecule has 0 aliphatic heterocycles. The molecular formula is C18H17N5O3. The Morgan fingerprint density at radius 1 is 1.31 bits per heavy atom. The maximum absolute atomic E-state index is 12.7. The van der Waals surface area contributed by atoms with Crippen molar-refractivity contribution in [1.82, 2.24) is 19.3 Å². The Balaban J connectivity index is 1.66. The summed E-state index contributed by atoms with van der Waals surface area (Å²) in [7, 11) is 1.82. The Hall–Kier alpha value is -3.42. The number of aromatic nitrogens is 4. The highest BCUT2D eigenvalue weighted by Crippen LogP contribution is 2.21. The molecule has 8 heteroatoms. The first-order chi connectivity index (χ1) is 12.5. The third kappa shape index (κ3) is 2.46. The van der Waals surface area contributed by atoms with Crippen molar-refractivity contribution in [3.05, 3.63) is 52.8 Å². The number of rotatable bonds is 3. The average molecular weight is 351 g/mol. The fourth-order valence-corrected chi connectivity index (χ4v) is 3.09. The van der Waals surface area contributed by atoms with Crippen LogP contribution in [0.2, 0.25) is 0 Å². The van der Waals surface area contributed by atoms with Crippen molar-refractivity contribution in [3.63, 3.8) is 0 Å². The molecule has 1 unspecified atom stereocenters. The summed E-state index contributed by atoms with van der Waals surface area (Å²) in [6.45, 7) is 3.54. The number of amides is 1. The zero-order valence-corrected chi connectivity index (χ0v) is 14.6. The molecule has 4 aromatic rings. The number of anilines is 1. The van der Waals surface area contributed by atoms with Crippen molar-refractivity contribution in [2.45, 2.75) is 19.9 Å². The Morgan fingerprint density at radius 3 is 2.88 bits per heavy atom. The van der Waals surface area contributed by atoms with Gasteiger partial charge < -0.3 is 9.73 Å². The molecule has 1 atom stereocenters. The molecule has 0 fully saturated rings. The third-order valence-electron chi connectivity index (χ3n) is 4.42. The van der Waals surface area contributed by atoms with E-state index in [1.807, 2.05) is 20.0 Å². The van der Waals surface area contributed by atoms with Crippen LogP contribution >= 0.6 is 0 Å². The summed E-state index contributed by atoms with van der Waals surface area (Å²) in [5, 5.41) is 7.99. The van der Waals surface area contributed by atoms with Crippen molar-refractivity contribution in [2.24, 2.45) is 7.05 Å². The van der Waals surface area contributed by atoms with E-state index in [9.17, 15) is 9.59 Å². The van der Waals surface area contributed by atoms with Gasteiger partial charge in [-0.25, -0.2) is 9.78 Å². The van der Waals surface area contributed by atoms with E-state index in [0.29, 0.717) is 16.8 Å². The van der Waals surface area contributed by atoms with E-state index in [1.54, 1.807) is 42.1 Å². The van der Waals surface area contributed by atoms with Crippen LogP contribution in [0.3, 0.4) is 0 Å². The third-order valence-corrected chi connectivity index (χ3v) is 4.42. The van der Waals surface area contributed by atoms with Crippen molar-refractivity contribution < 1.29 is 9.21 Å². The topological polar surface area (TPSA) is 95.0 Å². The number of hydrogen-bond acceptors (Lipinski definition) is 5. The second-order valence-electron chi connectivity index (χ2n) is 6.18. The Bertz CT molecular complexity index is 1200. The smallest absolute Gasteiger partial charge is 0.408 e. The number of carbonyl (C=O) groups excluding carboxylic acids is 1. The lowest BCUT2D eigenvalue weighted by Crippen LogP contribution is -2.29. The number of hydrogen-bond donors (Lipinski definition) is 1. The average Bonchev–Trinajstić information content (AvgIpc) is 3.10. The van der Waals surface area contributed by atoms with E-state index in [4.69, 9.17) is 4.42 Å². The van der Waals surface area contributed by atoms with Crippen LogP contribution in [0.1, 0.15) is 18.7 Å². The van der Waals surface area contributed by atoms with Gasteiger partial charge in [0.25, 0.3) is 0 Å².